The van der Waals surface area contributed by atoms with Gasteiger partial charge < -0.3 is 9.52 Å². The number of carbonyl (C=O) groups excluding carboxylic acids is 2. The second kappa shape index (κ2) is 7.83. The molecule has 1 aliphatic carbocycles. The van der Waals surface area contributed by atoms with E-state index in [1.807, 2.05) is 56.3 Å². The fourth-order valence-electron chi connectivity index (χ4n) is 4.82. The fourth-order valence-corrected chi connectivity index (χ4v) is 4.82. The summed E-state index contributed by atoms with van der Waals surface area (Å²) in [6.45, 7) is 3.70. The van der Waals surface area contributed by atoms with E-state index in [0.29, 0.717) is 22.8 Å². The van der Waals surface area contributed by atoms with Crippen molar-refractivity contribution in [3.8, 4) is 0 Å². The van der Waals surface area contributed by atoms with Crippen molar-refractivity contribution in [2.45, 2.75) is 45.6 Å². The Hall–Kier alpha value is -3.60. The van der Waals surface area contributed by atoms with Gasteiger partial charge in [-0.1, -0.05) is 30.3 Å². The Labute approximate surface area is 187 Å². The Kier molecular flexibility index (Phi) is 4.97. The van der Waals surface area contributed by atoms with Crippen molar-refractivity contribution in [3.05, 3.63) is 93.9 Å². The molecule has 32 heavy (non-hydrogen) atoms. The van der Waals surface area contributed by atoms with Gasteiger partial charge in [-0.25, -0.2) is 0 Å². The Morgan fingerprint density at radius 3 is 2.44 bits per heavy atom. The number of aryl methyl sites for hydroxylation is 4. The molecule has 1 amide bonds. The Morgan fingerprint density at radius 1 is 0.969 bits per heavy atom. The van der Waals surface area contributed by atoms with Crippen molar-refractivity contribution in [1.82, 2.24) is 0 Å². The first-order valence-corrected chi connectivity index (χ1v) is 11.0. The summed E-state index contributed by atoms with van der Waals surface area (Å²) < 4.78 is 5.87. The van der Waals surface area contributed by atoms with Gasteiger partial charge >= 0.3 is 0 Å². The highest BCUT2D eigenvalue weighted by Gasteiger charge is 2.48. The maximum absolute atomic E-state index is 13.2. The molecule has 1 aliphatic heterocycles. The number of hydrogen-bond acceptors (Lipinski definition) is 4. The first-order valence-electron chi connectivity index (χ1n) is 11.0. The second-order valence-corrected chi connectivity index (χ2v) is 8.59. The van der Waals surface area contributed by atoms with Crippen molar-refractivity contribution in [2.24, 2.45) is 0 Å². The van der Waals surface area contributed by atoms with Gasteiger partial charge in [0.2, 0.25) is 0 Å². The summed E-state index contributed by atoms with van der Waals surface area (Å²) in [7, 11) is 0. The van der Waals surface area contributed by atoms with Crippen molar-refractivity contribution in [2.75, 3.05) is 4.90 Å². The number of carbonyl (C=O) groups is 2. The Bertz CT molecular complexity index is 1270. The molecule has 1 unspecified atom stereocenters. The van der Waals surface area contributed by atoms with Gasteiger partial charge in [0, 0.05) is 11.3 Å². The number of fused-ring (bicyclic) bond motifs is 1. The third-order valence-corrected chi connectivity index (χ3v) is 6.47. The fraction of sp³-hybridized carbons (Fsp3) is 0.259. The Balaban J connectivity index is 1.70. The number of nitrogens with zero attached hydrogens (tertiary/aromatic N) is 1. The average Bonchev–Trinajstić information content (AvgIpc) is 3.34. The summed E-state index contributed by atoms with van der Waals surface area (Å²) in [6, 6.07) is 16.0. The lowest BCUT2D eigenvalue weighted by Crippen LogP contribution is -2.29. The van der Waals surface area contributed by atoms with Crippen LogP contribution in [-0.4, -0.2) is 16.8 Å². The molecule has 2 aromatic carbocycles. The predicted octanol–water partition coefficient (Wildman–Crippen LogP) is 5.40. The van der Waals surface area contributed by atoms with E-state index in [1.165, 1.54) is 16.0 Å². The quantitative estimate of drug-likeness (QED) is 0.345. The van der Waals surface area contributed by atoms with Crippen LogP contribution in [-0.2, 0) is 22.4 Å². The van der Waals surface area contributed by atoms with E-state index in [1.54, 1.807) is 12.1 Å². The third kappa shape index (κ3) is 3.25. The smallest absolute Gasteiger partial charge is 0.300 e. The summed E-state index contributed by atoms with van der Waals surface area (Å²) in [5.74, 6) is -0.416. The number of rotatable bonds is 3. The van der Waals surface area contributed by atoms with Crippen molar-refractivity contribution in [3.63, 3.8) is 0 Å². The molecule has 5 heteroatoms. The van der Waals surface area contributed by atoms with E-state index < -0.39 is 17.7 Å². The molecule has 1 N–H and O–H groups in total. The van der Waals surface area contributed by atoms with Gasteiger partial charge in [0.25, 0.3) is 11.7 Å². The van der Waals surface area contributed by atoms with Crippen LogP contribution in [0.15, 0.2) is 64.6 Å². The SMILES string of the molecule is Cc1ccc(C2/C(=C(/O)c3ccc4c(c3)CCCC4)C(=O)C(=O)N2c2ccccc2C)o1. The Morgan fingerprint density at radius 2 is 1.72 bits per heavy atom. The summed E-state index contributed by atoms with van der Waals surface area (Å²) >= 11 is 0. The lowest BCUT2D eigenvalue weighted by molar-refractivity contribution is -0.132. The number of benzene rings is 2. The highest BCUT2D eigenvalue weighted by Crippen LogP contribution is 2.43. The summed E-state index contributed by atoms with van der Waals surface area (Å²) in [5, 5.41) is 11.3. The number of furan rings is 1. The molecule has 0 bridgehead atoms. The van der Waals surface area contributed by atoms with Gasteiger partial charge in [0.1, 0.15) is 23.3 Å². The van der Waals surface area contributed by atoms with Crippen LogP contribution in [0.25, 0.3) is 5.76 Å². The van der Waals surface area contributed by atoms with Crippen molar-refractivity contribution >= 4 is 23.1 Å². The molecule has 1 aromatic heterocycles. The highest BCUT2D eigenvalue weighted by molar-refractivity contribution is 6.51. The van der Waals surface area contributed by atoms with Crippen molar-refractivity contribution < 1.29 is 19.1 Å². The molecule has 0 saturated carbocycles. The molecule has 1 saturated heterocycles. The molecule has 1 atom stereocenters. The van der Waals surface area contributed by atoms with Crippen LogP contribution < -0.4 is 4.90 Å². The molecule has 3 aromatic rings. The van der Waals surface area contributed by atoms with E-state index in [2.05, 4.69) is 0 Å². The zero-order valence-corrected chi connectivity index (χ0v) is 18.2. The lowest BCUT2D eigenvalue weighted by Gasteiger charge is -2.25. The number of amides is 1. The van der Waals surface area contributed by atoms with Gasteiger partial charge in [0.05, 0.1) is 5.57 Å². The minimum atomic E-state index is -0.833. The van der Waals surface area contributed by atoms with Crippen LogP contribution in [0.1, 0.15) is 52.7 Å². The van der Waals surface area contributed by atoms with Gasteiger partial charge in [-0.2, -0.15) is 0 Å². The molecule has 0 spiro atoms. The highest BCUT2D eigenvalue weighted by atomic mass is 16.3. The second-order valence-electron chi connectivity index (χ2n) is 8.59. The number of ketones is 1. The molecule has 5 rings (SSSR count). The monoisotopic (exact) mass is 427 g/mol. The van der Waals surface area contributed by atoms with Gasteiger partial charge in [-0.15, -0.1) is 0 Å². The van der Waals surface area contributed by atoms with Crippen LogP contribution in [0.4, 0.5) is 5.69 Å². The van der Waals surface area contributed by atoms with Crippen molar-refractivity contribution in [1.29, 1.82) is 0 Å². The maximum atomic E-state index is 13.2. The third-order valence-electron chi connectivity index (χ3n) is 6.47. The van der Waals surface area contributed by atoms with Gasteiger partial charge in [-0.05, 0) is 80.5 Å². The molecular formula is C27H25NO4. The van der Waals surface area contributed by atoms with E-state index in [-0.39, 0.29) is 11.3 Å². The molecule has 0 radical (unpaired) electrons. The van der Waals surface area contributed by atoms with Crippen LogP contribution >= 0.6 is 0 Å². The van der Waals surface area contributed by atoms with E-state index in [0.717, 1.165) is 31.2 Å². The number of anilines is 1. The molecular weight excluding hydrogens is 402 g/mol. The molecule has 162 valence electrons. The number of hydrogen-bond donors (Lipinski definition) is 1. The van der Waals surface area contributed by atoms with E-state index in [9.17, 15) is 14.7 Å². The summed E-state index contributed by atoms with van der Waals surface area (Å²) in [6.07, 6.45) is 4.26. The predicted molar refractivity (Wildman–Crippen MR) is 122 cm³/mol. The minimum absolute atomic E-state index is 0.0587. The number of para-hydroxylation sites is 1. The van der Waals surface area contributed by atoms with Crippen LogP contribution in [0.3, 0.4) is 0 Å². The van der Waals surface area contributed by atoms with Crippen LogP contribution in [0.2, 0.25) is 0 Å². The number of Topliss-reactive ketones (excluding diaryl/α,β-unsaturated/α-hetero) is 1. The zero-order valence-electron chi connectivity index (χ0n) is 18.2. The minimum Gasteiger partial charge on any atom is -0.507 e. The molecule has 2 aliphatic rings. The van der Waals surface area contributed by atoms with Crippen LogP contribution in [0.5, 0.6) is 0 Å². The topological polar surface area (TPSA) is 70.8 Å². The summed E-state index contributed by atoms with van der Waals surface area (Å²) in [4.78, 5) is 27.9. The maximum Gasteiger partial charge on any atom is 0.300 e. The lowest BCUT2D eigenvalue weighted by atomic mass is 9.89. The van der Waals surface area contributed by atoms with Gasteiger partial charge in [0.15, 0.2) is 0 Å². The number of aliphatic hydroxyl groups excluding tert-OH is 1. The zero-order chi connectivity index (χ0) is 22.4. The normalized spacial score (nSPS) is 19.9. The molecule has 2 heterocycles. The van der Waals surface area contributed by atoms with E-state index in [4.69, 9.17) is 4.42 Å². The van der Waals surface area contributed by atoms with E-state index >= 15 is 0 Å². The largest absolute Gasteiger partial charge is 0.507 e. The molecule has 1 fully saturated rings. The van der Waals surface area contributed by atoms with Crippen LogP contribution in [0, 0.1) is 13.8 Å². The molecule has 5 nitrogen and oxygen atoms in total. The number of aliphatic hydroxyl groups is 1. The first-order chi connectivity index (χ1) is 15.5. The average molecular weight is 428 g/mol. The van der Waals surface area contributed by atoms with Gasteiger partial charge in [-0.3, -0.25) is 14.5 Å². The summed E-state index contributed by atoms with van der Waals surface area (Å²) in [5.41, 5.74) is 4.57. The first kappa shape index (κ1) is 20.3. The standard InChI is InChI=1S/C27H25NO4/c1-16-7-3-6-10-21(16)28-24(22-14-11-17(2)32-22)23(26(30)27(28)31)25(29)20-13-12-18-8-4-5-9-19(18)15-20/h3,6-7,10-15,24,29H,4-5,8-9H2,1-2H3/b25-23-.